The van der Waals surface area contributed by atoms with Gasteiger partial charge in [0.2, 0.25) is 5.85 Å². The van der Waals surface area contributed by atoms with Gasteiger partial charge in [0.05, 0.1) is 18.2 Å². The highest BCUT2D eigenvalue weighted by atomic mass is 16.6. The Kier molecular flexibility index (Phi) is 6.28. The van der Waals surface area contributed by atoms with Crippen molar-refractivity contribution < 1.29 is 14.9 Å². The number of nitrogens with one attached hydrogen (secondary N) is 1. The van der Waals surface area contributed by atoms with Crippen molar-refractivity contribution in [2.45, 2.75) is 31.4 Å². The number of aromatic nitrogens is 3. The van der Waals surface area contributed by atoms with E-state index in [9.17, 15) is 14.7 Å². The zero-order valence-corrected chi connectivity index (χ0v) is 16.0. The molecule has 0 aliphatic carbocycles. The lowest BCUT2D eigenvalue weighted by atomic mass is 10.1. The van der Waals surface area contributed by atoms with Crippen molar-refractivity contribution in [1.82, 2.24) is 14.5 Å². The van der Waals surface area contributed by atoms with Crippen molar-refractivity contribution >= 4 is 10.9 Å². The molecule has 1 aromatic carbocycles. The summed E-state index contributed by atoms with van der Waals surface area (Å²) in [7, 11) is 0. The molecule has 30 heavy (non-hydrogen) atoms. The number of hydrogen-bond acceptors (Lipinski definition) is 7. The highest BCUT2D eigenvalue weighted by Gasteiger charge is 2.47. The van der Waals surface area contributed by atoms with Crippen LogP contribution in [0.3, 0.4) is 0 Å². The van der Waals surface area contributed by atoms with E-state index in [1.54, 1.807) is 0 Å². The summed E-state index contributed by atoms with van der Waals surface area (Å²) in [6.07, 6.45) is 0.683. The smallest absolute Gasteiger partial charge is 0.330 e. The molecule has 1 saturated heterocycles. The lowest BCUT2D eigenvalue weighted by Gasteiger charge is -2.25. The molecule has 0 amide bonds. The van der Waals surface area contributed by atoms with E-state index in [4.69, 9.17) is 15.4 Å². The van der Waals surface area contributed by atoms with Gasteiger partial charge in [0.25, 0.3) is 5.56 Å². The molecular formula is C19H20N6O5. The number of fused-ring (bicyclic) bond motifs is 1. The molecule has 3 heterocycles. The molecule has 3 aromatic rings. The van der Waals surface area contributed by atoms with Crippen molar-refractivity contribution in [2.75, 3.05) is 6.61 Å². The quantitative estimate of drug-likeness (QED) is 0.331. The molecule has 0 bridgehead atoms. The molecule has 11 nitrogen and oxygen atoms in total. The topological polar surface area (TPSA) is 166 Å². The van der Waals surface area contributed by atoms with Gasteiger partial charge in [-0.25, -0.2) is 4.79 Å². The standard InChI is InChI=1S/C10H13N5O5.C9H7N/c1-5-3-15(9(19)12-8(5)18)10(13-14-11)2-6(17)7(4-16)20-10;1-2-6-9-8(4-1)5-3-7-10-9/h3,6-7,16-17H,2,4H2,1H3,(H,12,18,19);1-7H/t6-,7+,10-;/m0./s1. The molecule has 0 radical (unpaired) electrons. The molecule has 2 aromatic heterocycles. The Hall–Kier alpha value is -3.50. The Morgan fingerprint density at radius 3 is 2.77 bits per heavy atom. The minimum Gasteiger partial charge on any atom is -0.394 e. The summed E-state index contributed by atoms with van der Waals surface area (Å²) < 4.78 is 6.24. The van der Waals surface area contributed by atoms with E-state index in [0.717, 1.165) is 10.1 Å². The number of aliphatic hydroxyl groups is 2. The number of para-hydroxylation sites is 1. The largest absolute Gasteiger partial charge is 0.394 e. The second-order valence-corrected chi connectivity index (χ2v) is 6.68. The summed E-state index contributed by atoms with van der Waals surface area (Å²) in [5, 5.41) is 23.5. The number of aromatic amines is 1. The van der Waals surface area contributed by atoms with Crippen LogP contribution < -0.4 is 11.2 Å². The van der Waals surface area contributed by atoms with Gasteiger partial charge in [0, 0.05) is 34.7 Å². The van der Waals surface area contributed by atoms with E-state index in [0.29, 0.717) is 0 Å². The van der Waals surface area contributed by atoms with Crippen LogP contribution in [0.15, 0.2) is 63.5 Å². The van der Waals surface area contributed by atoms with E-state index < -0.39 is 35.9 Å². The number of H-pyrrole nitrogens is 1. The van der Waals surface area contributed by atoms with E-state index in [1.165, 1.54) is 18.5 Å². The fraction of sp³-hybridized carbons (Fsp3) is 0.316. The van der Waals surface area contributed by atoms with Gasteiger partial charge >= 0.3 is 5.69 Å². The third-order valence-corrected chi connectivity index (χ3v) is 4.63. The van der Waals surface area contributed by atoms with Gasteiger partial charge in [0.15, 0.2) is 0 Å². The molecule has 11 heteroatoms. The second-order valence-electron chi connectivity index (χ2n) is 6.68. The van der Waals surface area contributed by atoms with Crippen LogP contribution in [0.4, 0.5) is 0 Å². The molecule has 3 atom stereocenters. The first-order valence-electron chi connectivity index (χ1n) is 9.06. The Bertz CT molecular complexity index is 1140. The normalized spacial score (nSPS) is 22.8. The third kappa shape index (κ3) is 4.24. The van der Waals surface area contributed by atoms with Crippen LogP contribution in [0.1, 0.15) is 12.0 Å². The number of nitrogens with zero attached hydrogens (tertiary/aromatic N) is 5. The fourth-order valence-electron chi connectivity index (χ4n) is 3.11. The van der Waals surface area contributed by atoms with Gasteiger partial charge in [0.1, 0.15) is 6.10 Å². The average molecular weight is 412 g/mol. The summed E-state index contributed by atoms with van der Waals surface area (Å²) >= 11 is 0. The summed E-state index contributed by atoms with van der Waals surface area (Å²) in [5.74, 6) is -1.81. The second kappa shape index (κ2) is 8.89. The lowest BCUT2D eigenvalue weighted by Crippen LogP contribution is -2.43. The number of ether oxygens (including phenoxy) is 1. The maximum Gasteiger partial charge on any atom is 0.330 e. The monoisotopic (exact) mass is 412 g/mol. The Morgan fingerprint density at radius 2 is 2.10 bits per heavy atom. The molecule has 1 fully saturated rings. The highest BCUT2D eigenvalue weighted by molar-refractivity contribution is 5.77. The minimum absolute atomic E-state index is 0.211. The first-order valence-corrected chi connectivity index (χ1v) is 9.06. The zero-order valence-electron chi connectivity index (χ0n) is 16.0. The van der Waals surface area contributed by atoms with E-state index >= 15 is 0 Å². The van der Waals surface area contributed by atoms with E-state index in [-0.39, 0.29) is 12.0 Å². The number of aliphatic hydroxyl groups excluding tert-OH is 2. The van der Waals surface area contributed by atoms with Gasteiger partial charge < -0.3 is 14.9 Å². The summed E-state index contributed by atoms with van der Waals surface area (Å²) in [6.45, 7) is 0.967. The highest BCUT2D eigenvalue weighted by Crippen LogP contribution is 2.35. The maximum absolute atomic E-state index is 11.9. The van der Waals surface area contributed by atoms with E-state index in [1.807, 2.05) is 30.5 Å². The molecular weight excluding hydrogens is 392 g/mol. The number of rotatable bonds is 3. The summed E-state index contributed by atoms with van der Waals surface area (Å²) in [4.78, 5) is 32.1. The summed E-state index contributed by atoms with van der Waals surface area (Å²) in [5.41, 5.74) is 8.53. The third-order valence-electron chi connectivity index (χ3n) is 4.63. The van der Waals surface area contributed by atoms with Gasteiger partial charge in [-0.3, -0.25) is 19.3 Å². The van der Waals surface area contributed by atoms with Crippen LogP contribution in [0.5, 0.6) is 0 Å². The molecule has 1 aliphatic heterocycles. The predicted octanol–water partition coefficient (Wildman–Crippen LogP) is 1.14. The van der Waals surface area contributed by atoms with Crippen LogP contribution in [0.25, 0.3) is 21.3 Å². The molecule has 1 aliphatic rings. The van der Waals surface area contributed by atoms with Crippen LogP contribution >= 0.6 is 0 Å². The van der Waals surface area contributed by atoms with Gasteiger partial charge in [-0.1, -0.05) is 24.3 Å². The van der Waals surface area contributed by atoms with Crippen LogP contribution in [-0.2, 0) is 10.6 Å². The van der Waals surface area contributed by atoms with Crippen molar-refractivity contribution in [2.24, 2.45) is 5.11 Å². The SMILES string of the molecule is Cc1cn([C@@]2(N=[N+]=[N-])C[C@H](O)[C@@H](CO)O2)c(=O)[nH]c1=O.c1ccc2ncccc2c1. The van der Waals surface area contributed by atoms with Crippen molar-refractivity contribution in [1.29, 1.82) is 0 Å². The van der Waals surface area contributed by atoms with Gasteiger partial charge in [-0.05, 0) is 29.7 Å². The molecule has 0 saturated carbocycles. The maximum atomic E-state index is 11.9. The average Bonchev–Trinajstić information content (AvgIpc) is 3.07. The molecule has 3 N–H and O–H groups in total. The molecule has 0 unspecified atom stereocenters. The first kappa shape index (κ1) is 21.2. The number of hydrogen-bond donors (Lipinski definition) is 3. The zero-order chi connectivity index (χ0) is 21.7. The van der Waals surface area contributed by atoms with Crippen molar-refractivity contribution in [3.8, 4) is 0 Å². The Labute approximate surface area is 169 Å². The fourth-order valence-corrected chi connectivity index (χ4v) is 3.11. The molecule has 156 valence electrons. The van der Waals surface area contributed by atoms with Gasteiger partial charge in [-0.15, -0.1) is 0 Å². The Morgan fingerprint density at radius 1 is 1.37 bits per heavy atom. The number of pyridine rings is 1. The Balaban J connectivity index is 0.000000212. The van der Waals surface area contributed by atoms with E-state index in [2.05, 4.69) is 32.1 Å². The molecule has 0 spiro atoms. The first-order chi connectivity index (χ1) is 14.4. The number of azide groups is 1. The molecule has 4 rings (SSSR count). The predicted molar refractivity (Wildman–Crippen MR) is 108 cm³/mol. The van der Waals surface area contributed by atoms with Crippen LogP contribution in [0.2, 0.25) is 0 Å². The van der Waals surface area contributed by atoms with Crippen molar-refractivity contribution in [3.63, 3.8) is 0 Å². The van der Waals surface area contributed by atoms with Crippen LogP contribution in [-0.4, -0.2) is 43.6 Å². The van der Waals surface area contributed by atoms with Crippen LogP contribution in [0, 0.1) is 6.92 Å². The number of benzene rings is 1. The number of aryl methyl sites for hydroxylation is 1. The minimum atomic E-state index is -1.81. The summed E-state index contributed by atoms with van der Waals surface area (Å²) in [6, 6.07) is 12.1. The van der Waals surface area contributed by atoms with Gasteiger partial charge in [-0.2, -0.15) is 0 Å². The lowest BCUT2D eigenvalue weighted by molar-refractivity contribution is -0.115. The van der Waals surface area contributed by atoms with Crippen molar-refractivity contribution in [3.05, 3.63) is 85.6 Å².